The first-order valence-corrected chi connectivity index (χ1v) is 9.78. The molecule has 1 aliphatic rings. The van der Waals surface area contributed by atoms with E-state index in [9.17, 15) is 13.6 Å². The molecule has 2 heterocycles. The van der Waals surface area contributed by atoms with Crippen molar-refractivity contribution in [2.24, 2.45) is 11.1 Å². The van der Waals surface area contributed by atoms with Crippen LogP contribution in [0.5, 0.6) is 0 Å². The van der Waals surface area contributed by atoms with Gasteiger partial charge in [-0.25, -0.2) is 8.78 Å². The summed E-state index contributed by atoms with van der Waals surface area (Å²) in [6, 6.07) is 7.35. The molecule has 1 aromatic heterocycles. The van der Waals surface area contributed by atoms with Crippen molar-refractivity contribution in [1.29, 1.82) is 0 Å². The van der Waals surface area contributed by atoms with Crippen molar-refractivity contribution in [2.45, 2.75) is 39.3 Å². The molecule has 7 heteroatoms. The van der Waals surface area contributed by atoms with Crippen molar-refractivity contribution >= 4 is 23.0 Å². The number of thiophene rings is 1. The summed E-state index contributed by atoms with van der Waals surface area (Å²) in [5.74, 6) is -1.19. The number of carbonyl (C=O) groups excluding carboxylic acids is 1. The number of halogens is 2. The van der Waals surface area contributed by atoms with Crippen LogP contribution >= 0.6 is 11.3 Å². The molecule has 0 radical (unpaired) electrons. The lowest BCUT2D eigenvalue weighted by Gasteiger charge is -2.26. The maximum absolute atomic E-state index is 14.1. The van der Waals surface area contributed by atoms with Crippen LogP contribution in [0.1, 0.15) is 37.1 Å². The van der Waals surface area contributed by atoms with Gasteiger partial charge in [0.05, 0.1) is 11.4 Å². The maximum Gasteiger partial charge on any atom is 0.223 e. The van der Waals surface area contributed by atoms with E-state index in [4.69, 9.17) is 4.84 Å². The van der Waals surface area contributed by atoms with Gasteiger partial charge in [0.1, 0.15) is 17.3 Å². The van der Waals surface area contributed by atoms with E-state index in [0.29, 0.717) is 19.4 Å². The van der Waals surface area contributed by atoms with Gasteiger partial charge < -0.3 is 9.74 Å². The first-order chi connectivity index (χ1) is 12.9. The fourth-order valence-electron chi connectivity index (χ4n) is 2.95. The molecule has 4 nitrogen and oxygen atoms in total. The third-order valence-electron chi connectivity index (χ3n) is 4.27. The van der Waals surface area contributed by atoms with Crippen LogP contribution in [0.3, 0.4) is 0 Å². The molecular formula is C20H22F2N2O2S. The normalized spacial score (nSPS) is 16.3. The van der Waals surface area contributed by atoms with Gasteiger partial charge in [0.15, 0.2) is 6.10 Å². The van der Waals surface area contributed by atoms with Gasteiger partial charge in [0, 0.05) is 31.0 Å². The van der Waals surface area contributed by atoms with Gasteiger partial charge >= 0.3 is 0 Å². The molecule has 0 saturated carbocycles. The number of benzene rings is 1. The smallest absolute Gasteiger partial charge is 0.223 e. The number of carbonyl (C=O) groups is 1. The minimum atomic E-state index is -0.653. The van der Waals surface area contributed by atoms with Crippen molar-refractivity contribution in [3.8, 4) is 0 Å². The second kappa shape index (κ2) is 8.61. The highest BCUT2D eigenvalue weighted by atomic mass is 32.1. The summed E-state index contributed by atoms with van der Waals surface area (Å²) in [7, 11) is 0. The van der Waals surface area contributed by atoms with Crippen molar-refractivity contribution in [3.05, 3.63) is 57.8 Å². The standard InChI is InChI=1S/C20H22F2N2O2S/c1-13(2)8-20(25)24(11-14-5-6-15(21)9-17(14)22)12-16-10-18(23-26-16)19-4-3-7-27-19/h3-7,9,13,16H,8,10-12H2,1-2H3/t16-/m0/s1. The van der Waals surface area contributed by atoms with Crippen LogP contribution in [0.2, 0.25) is 0 Å². The Hall–Kier alpha value is -2.28. The summed E-state index contributed by atoms with van der Waals surface area (Å²) in [5, 5.41) is 6.11. The third-order valence-corrected chi connectivity index (χ3v) is 5.19. The highest BCUT2D eigenvalue weighted by Crippen LogP contribution is 2.22. The van der Waals surface area contributed by atoms with E-state index in [1.54, 1.807) is 16.2 Å². The van der Waals surface area contributed by atoms with Gasteiger partial charge in [0.2, 0.25) is 5.91 Å². The largest absolute Gasteiger partial charge is 0.390 e. The highest BCUT2D eigenvalue weighted by Gasteiger charge is 2.28. The number of hydrogen-bond acceptors (Lipinski definition) is 4. The number of hydrogen-bond donors (Lipinski definition) is 0. The Morgan fingerprint density at radius 2 is 2.19 bits per heavy atom. The molecule has 0 aliphatic carbocycles. The van der Waals surface area contributed by atoms with Crippen LogP contribution in [0.15, 0.2) is 40.9 Å². The molecular weight excluding hydrogens is 370 g/mol. The van der Waals surface area contributed by atoms with Crippen LogP contribution in [0.25, 0.3) is 0 Å². The molecule has 0 fully saturated rings. The van der Waals surface area contributed by atoms with Crippen molar-refractivity contribution in [3.63, 3.8) is 0 Å². The lowest BCUT2D eigenvalue weighted by Crippen LogP contribution is -2.38. The predicted octanol–water partition coefficient (Wildman–Crippen LogP) is 4.59. The van der Waals surface area contributed by atoms with E-state index in [2.05, 4.69) is 5.16 Å². The van der Waals surface area contributed by atoms with E-state index >= 15 is 0 Å². The quantitative estimate of drug-likeness (QED) is 0.691. The van der Waals surface area contributed by atoms with Crippen molar-refractivity contribution in [2.75, 3.05) is 6.54 Å². The fourth-order valence-corrected chi connectivity index (χ4v) is 3.67. The summed E-state index contributed by atoms with van der Waals surface area (Å²) in [6.07, 6.45) is 0.674. The van der Waals surface area contributed by atoms with E-state index in [0.717, 1.165) is 16.7 Å². The molecule has 0 N–H and O–H groups in total. The lowest BCUT2D eigenvalue weighted by molar-refractivity contribution is -0.134. The average Bonchev–Trinajstić information content (AvgIpc) is 3.27. The first kappa shape index (κ1) is 19.5. The van der Waals surface area contributed by atoms with Gasteiger partial charge in [-0.15, -0.1) is 11.3 Å². The zero-order chi connectivity index (χ0) is 19.4. The Kier molecular flexibility index (Phi) is 6.21. The van der Waals surface area contributed by atoms with Crippen LogP contribution in [-0.4, -0.2) is 29.2 Å². The Morgan fingerprint density at radius 3 is 2.85 bits per heavy atom. The monoisotopic (exact) mass is 392 g/mol. The number of oxime groups is 1. The van der Waals surface area contributed by atoms with Gasteiger partial charge in [-0.05, 0) is 23.4 Å². The van der Waals surface area contributed by atoms with Crippen LogP contribution in [-0.2, 0) is 16.2 Å². The van der Waals surface area contributed by atoms with Gasteiger partial charge in [-0.1, -0.05) is 31.1 Å². The topological polar surface area (TPSA) is 41.9 Å². The van der Waals surface area contributed by atoms with Crippen molar-refractivity contribution in [1.82, 2.24) is 4.90 Å². The Bertz CT molecular complexity index is 821. The second-order valence-electron chi connectivity index (χ2n) is 7.05. The van der Waals surface area contributed by atoms with E-state index in [1.807, 2.05) is 31.4 Å². The number of amides is 1. The Labute approximate surface area is 161 Å². The second-order valence-corrected chi connectivity index (χ2v) is 8.00. The molecule has 144 valence electrons. The van der Waals surface area contributed by atoms with Crippen LogP contribution in [0, 0.1) is 17.6 Å². The number of rotatable bonds is 7. The van der Waals surface area contributed by atoms with Gasteiger partial charge in [0.25, 0.3) is 0 Å². The summed E-state index contributed by atoms with van der Waals surface area (Å²) in [5.41, 5.74) is 1.14. The van der Waals surface area contributed by atoms with Gasteiger partial charge in [-0.3, -0.25) is 4.79 Å². The van der Waals surface area contributed by atoms with Crippen molar-refractivity contribution < 1.29 is 18.4 Å². The highest BCUT2D eigenvalue weighted by molar-refractivity contribution is 7.12. The van der Waals surface area contributed by atoms with Gasteiger partial charge in [-0.2, -0.15) is 0 Å². The summed E-state index contributed by atoms with van der Waals surface area (Å²) < 4.78 is 27.2. The molecule has 1 aliphatic heterocycles. The molecule has 0 unspecified atom stereocenters. The molecule has 1 atom stereocenters. The SMILES string of the molecule is CC(C)CC(=O)N(Cc1ccc(F)cc1F)C[C@@H]1CC(c2cccs2)=NO1. The summed E-state index contributed by atoms with van der Waals surface area (Å²) >= 11 is 1.59. The fraction of sp³-hybridized carbons (Fsp3) is 0.400. The average molecular weight is 392 g/mol. The molecule has 0 bridgehead atoms. The molecule has 0 spiro atoms. The zero-order valence-electron chi connectivity index (χ0n) is 15.3. The Morgan fingerprint density at radius 1 is 1.37 bits per heavy atom. The lowest BCUT2D eigenvalue weighted by atomic mass is 10.1. The van der Waals surface area contributed by atoms with E-state index < -0.39 is 11.6 Å². The van der Waals surface area contributed by atoms with Crippen LogP contribution in [0.4, 0.5) is 8.78 Å². The molecule has 2 aromatic rings. The zero-order valence-corrected chi connectivity index (χ0v) is 16.1. The van der Waals surface area contributed by atoms with Crippen LogP contribution < -0.4 is 0 Å². The molecule has 1 aromatic carbocycles. The minimum absolute atomic E-state index is 0.0753. The van der Waals surface area contributed by atoms with E-state index in [1.165, 1.54) is 12.1 Å². The molecule has 27 heavy (non-hydrogen) atoms. The molecule has 0 saturated heterocycles. The number of nitrogens with zero attached hydrogens (tertiary/aromatic N) is 2. The third kappa shape index (κ3) is 5.13. The van der Waals surface area contributed by atoms with E-state index in [-0.39, 0.29) is 30.0 Å². The minimum Gasteiger partial charge on any atom is -0.390 e. The summed E-state index contributed by atoms with van der Waals surface area (Å²) in [6.45, 7) is 4.30. The summed E-state index contributed by atoms with van der Waals surface area (Å²) in [4.78, 5) is 20.8. The molecule has 1 amide bonds. The maximum atomic E-state index is 14.1. The predicted molar refractivity (Wildman–Crippen MR) is 102 cm³/mol. The first-order valence-electron chi connectivity index (χ1n) is 8.90. The molecule has 3 rings (SSSR count). The Balaban J connectivity index is 1.70.